The van der Waals surface area contributed by atoms with Crippen molar-refractivity contribution in [3.8, 4) is 0 Å². The van der Waals surface area contributed by atoms with Crippen LogP contribution in [0.15, 0.2) is 53.1 Å². The number of hydrogen-bond acceptors (Lipinski definition) is 3. The van der Waals surface area contributed by atoms with Crippen molar-refractivity contribution >= 4 is 17.2 Å². The van der Waals surface area contributed by atoms with E-state index in [1.807, 2.05) is 37.3 Å². The van der Waals surface area contributed by atoms with Gasteiger partial charge in [-0.25, -0.2) is 0 Å². The molecule has 1 aromatic heterocycles. The van der Waals surface area contributed by atoms with E-state index in [1.54, 1.807) is 18.4 Å². The van der Waals surface area contributed by atoms with E-state index in [4.69, 9.17) is 16.6 Å². The molecular formula is C14H15NO2S. The molecule has 0 aliphatic heterocycles. The van der Waals surface area contributed by atoms with Gasteiger partial charge in [-0.15, -0.1) is 0 Å². The Labute approximate surface area is 111 Å². The van der Waals surface area contributed by atoms with Crippen LogP contribution in [0.25, 0.3) is 0 Å². The molecule has 2 unspecified atom stereocenters. The number of hydrogen-bond donors (Lipinski definition) is 2. The van der Waals surface area contributed by atoms with Crippen LogP contribution in [0.4, 0.5) is 0 Å². The molecule has 2 rings (SSSR count). The zero-order valence-corrected chi connectivity index (χ0v) is 10.9. The quantitative estimate of drug-likeness (QED) is 0.831. The summed E-state index contributed by atoms with van der Waals surface area (Å²) in [4.78, 5) is 0.502. The fraction of sp³-hybridized carbons (Fsp3) is 0.214. The largest absolute Gasteiger partial charge is 0.462 e. The van der Waals surface area contributed by atoms with Crippen LogP contribution < -0.4 is 5.32 Å². The second-order valence-corrected chi connectivity index (χ2v) is 4.50. The first-order valence-electron chi connectivity index (χ1n) is 5.76. The maximum atomic E-state index is 10.2. The topological polar surface area (TPSA) is 45.4 Å². The summed E-state index contributed by atoms with van der Waals surface area (Å²) < 4.78 is 5.20. The first kappa shape index (κ1) is 12.8. The Hall–Kier alpha value is -1.65. The first-order valence-corrected chi connectivity index (χ1v) is 6.16. The number of nitrogens with one attached hydrogen (secondary N) is 1. The Bertz CT molecular complexity index is 496. The molecule has 94 valence electrons. The molecule has 0 aliphatic rings. The van der Waals surface area contributed by atoms with Gasteiger partial charge in [0.15, 0.2) is 5.76 Å². The minimum absolute atomic E-state index is 0.190. The number of thiocarbonyl (C=S) groups is 1. The van der Waals surface area contributed by atoms with Gasteiger partial charge in [-0.3, -0.25) is 0 Å². The maximum Gasteiger partial charge on any atom is 0.160 e. The van der Waals surface area contributed by atoms with Gasteiger partial charge in [-0.1, -0.05) is 42.5 Å². The zero-order valence-electron chi connectivity index (χ0n) is 10.0. The highest BCUT2D eigenvalue weighted by atomic mass is 32.1. The molecule has 0 bridgehead atoms. The van der Waals surface area contributed by atoms with Crippen LogP contribution >= 0.6 is 12.2 Å². The minimum atomic E-state index is -0.612. The summed E-state index contributed by atoms with van der Waals surface area (Å²) in [5.74, 6) is 0.608. The fourth-order valence-corrected chi connectivity index (χ4v) is 2.01. The second-order valence-electron chi connectivity index (χ2n) is 4.09. The molecular weight excluding hydrogens is 246 g/mol. The highest BCUT2D eigenvalue weighted by molar-refractivity contribution is 7.80. The molecule has 0 saturated heterocycles. The molecule has 4 heteroatoms. The van der Waals surface area contributed by atoms with Crippen molar-refractivity contribution < 1.29 is 9.52 Å². The van der Waals surface area contributed by atoms with Gasteiger partial charge in [0, 0.05) is 0 Å². The Kier molecular flexibility index (Phi) is 4.12. The lowest BCUT2D eigenvalue weighted by Gasteiger charge is -2.21. The number of aliphatic hydroxyl groups excluding tert-OH is 1. The number of benzene rings is 1. The standard InChI is InChI=1S/C14H15NO2S/c1-10(13(16)11-6-3-2-4-7-11)15-14(18)12-8-5-9-17-12/h2-10,13,16H,1H3,(H,15,18). The summed E-state index contributed by atoms with van der Waals surface area (Å²) in [5, 5.41) is 13.3. The molecule has 1 heterocycles. The van der Waals surface area contributed by atoms with Crippen molar-refractivity contribution in [2.45, 2.75) is 19.1 Å². The van der Waals surface area contributed by atoms with E-state index in [0.29, 0.717) is 10.7 Å². The van der Waals surface area contributed by atoms with E-state index < -0.39 is 6.10 Å². The maximum absolute atomic E-state index is 10.2. The number of rotatable bonds is 4. The third-order valence-electron chi connectivity index (χ3n) is 2.72. The highest BCUT2D eigenvalue weighted by Gasteiger charge is 2.17. The van der Waals surface area contributed by atoms with Crippen molar-refractivity contribution in [2.75, 3.05) is 0 Å². The Balaban J connectivity index is 2.00. The van der Waals surface area contributed by atoms with Gasteiger partial charge in [0.05, 0.1) is 18.4 Å². The van der Waals surface area contributed by atoms with Crippen molar-refractivity contribution in [1.29, 1.82) is 0 Å². The van der Waals surface area contributed by atoms with Crippen molar-refractivity contribution in [2.24, 2.45) is 0 Å². The van der Waals surface area contributed by atoms with Crippen LogP contribution in [0.1, 0.15) is 24.4 Å². The molecule has 0 saturated carbocycles. The first-order chi connectivity index (χ1) is 8.68. The smallest absolute Gasteiger partial charge is 0.160 e. The third-order valence-corrected chi connectivity index (χ3v) is 3.04. The Morgan fingerprint density at radius 3 is 2.56 bits per heavy atom. The molecule has 2 atom stereocenters. The van der Waals surface area contributed by atoms with Gasteiger partial charge in [-0.05, 0) is 24.6 Å². The van der Waals surface area contributed by atoms with E-state index in [2.05, 4.69) is 5.32 Å². The SMILES string of the molecule is CC(NC(=S)c1ccco1)C(O)c1ccccc1. The van der Waals surface area contributed by atoms with Gasteiger partial charge in [0.2, 0.25) is 0 Å². The molecule has 0 spiro atoms. The van der Waals surface area contributed by atoms with Crippen LogP contribution in [0.3, 0.4) is 0 Å². The van der Waals surface area contributed by atoms with Crippen LogP contribution in [0.2, 0.25) is 0 Å². The van der Waals surface area contributed by atoms with E-state index in [9.17, 15) is 5.11 Å². The van der Waals surface area contributed by atoms with Crippen LogP contribution in [-0.2, 0) is 0 Å². The van der Waals surface area contributed by atoms with Crippen LogP contribution in [0, 0.1) is 0 Å². The van der Waals surface area contributed by atoms with Crippen molar-refractivity contribution in [3.63, 3.8) is 0 Å². The lowest BCUT2D eigenvalue weighted by Crippen LogP contribution is -2.36. The lowest BCUT2D eigenvalue weighted by atomic mass is 10.0. The van der Waals surface area contributed by atoms with Crippen molar-refractivity contribution in [3.05, 3.63) is 60.1 Å². The predicted octanol–water partition coefficient (Wildman–Crippen LogP) is 2.67. The minimum Gasteiger partial charge on any atom is -0.462 e. The third kappa shape index (κ3) is 2.97. The molecule has 0 amide bonds. The fourth-order valence-electron chi connectivity index (χ4n) is 1.70. The van der Waals surface area contributed by atoms with Crippen molar-refractivity contribution in [1.82, 2.24) is 5.32 Å². The summed E-state index contributed by atoms with van der Waals surface area (Å²) in [7, 11) is 0. The molecule has 3 nitrogen and oxygen atoms in total. The lowest BCUT2D eigenvalue weighted by molar-refractivity contribution is 0.145. The Morgan fingerprint density at radius 2 is 1.94 bits per heavy atom. The van der Waals surface area contributed by atoms with Crippen LogP contribution in [-0.4, -0.2) is 16.1 Å². The van der Waals surface area contributed by atoms with Gasteiger partial charge >= 0.3 is 0 Å². The average Bonchev–Trinajstić information content (AvgIpc) is 2.92. The summed E-state index contributed by atoms with van der Waals surface area (Å²) >= 11 is 5.20. The summed E-state index contributed by atoms with van der Waals surface area (Å²) in [5.41, 5.74) is 0.861. The molecule has 18 heavy (non-hydrogen) atoms. The van der Waals surface area contributed by atoms with Gasteiger partial charge < -0.3 is 14.8 Å². The molecule has 2 aromatic rings. The number of aliphatic hydroxyl groups is 1. The highest BCUT2D eigenvalue weighted by Crippen LogP contribution is 2.16. The molecule has 0 fully saturated rings. The van der Waals surface area contributed by atoms with E-state index in [-0.39, 0.29) is 6.04 Å². The second kappa shape index (κ2) is 5.80. The van der Waals surface area contributed by atoms with E-state index >= 15 is 0 Å². The van der Waals surface area contributed by atoms with Gasteiger partial charge in [0.25, 0.3) is 0 Å². The molecule has 0 radical (unpaired) electrons. The van der Waals surface area contributed by atoms with Gasteiger partial charge in [-0.2, -0.15) is 0 Å². The molecule has 0 aliphatic carbocycles. The van der Waals surface area contributed by atoms with Gasteiger partial charge in [0.1, 0.15) is 4.99 Å². The number of furan rings is 1. The predicted molar refractivity (Wildman–Crippen MR) is 74.4 cm³/mol. The normalized spacial score (nSPS) is 13.9. The Morgan fingerprint density at radius 1 is 1.22 bits per heavy atom. The van der Waals surface area contributed by atoms with E-state index in [0.717, 1.165) is 5.56 Å². The van der Waals surface area contributed by atoms with E-state index in [1.165, 1.54) is 0 Å². The zero-order chi connectivity index (χ0) is 13.0. The monoisotopic (exact) mass is 261 g/mol. The average molecular weight is 261 g/mol. The molecule has 2 N–H and O–H groups in total. The summed E-state index contributed by atoms with van der Waals surface area (Å²) in [6.45, 7) is 1.88. The molecule has 1 aromatic carbocycles. The summed E-state index contributed by atoms with van der Waals surface area (Å²) in [6, 6.07) is 12.9. The van der Waals surface area contributed by atoms with Crippen LogP contribution in [0.5, 0.6) is 0 Å². The summed E-state index contributed by atoms with van der Waals surface area (Å²) in [6.07, 6.45) is 0.959.